The Kier molecular flexibility index (Phi) is 6.96. The van der Waals surface area contributed by atoms with Gasteiger partial charge in [0.1, 0.15) is 0 Å². The lowest BCUT2D eigenvalue weighted by Gasteiger charge is -2.27. The maximum atomic E-state index is 10.9. The van der Waals surface area contributed by atoms with Crippen molar-refractivity contribution in [2.24, 2.45) is 11.8 Å². The fourth-order valence-corrected chi connectivity index (χ4v) is 3.37. The molecule has 4 unspecified atom stereocenters. The molecule has 1 fully saturated rings. The van der Waals surface area contributed by atoms with E-state index in [1.165, 1.54) is 0 Å². The smallest absolute Gasteiger partial charge is 0.303 e. The Balaban J connectivity index is 2.40. The Morgan fingerprint density at radius 3 is 2.55 bits per heavy atom. The predicted octanol–water partition coefficient (Wildman–Crippen LogP) is 2.96. The van der Waals surface area contributed by atoms with Gasteiger partial charge in [0.25, 0.3) is 0 Å². The second kappa shape index (κ2) is 7.99. The molecular weight excluding hydrogens is 256 g/mol. The van der Waals surface area contributed by atoms with Crippen LogP contribution in [0.4, 0.5) is 0 Å². The molecule has 0 aromatic rings. The monoisotopic (exact) mass is 286 g/mol. The lowest BCUT2D eigenvalue weighted by Crippen LogP contribution is -2.27. The molecule has 1 saturated carbocycles. The minimum absolute atomic E-state index is 0.0454. The van der Waals surface area contributed by atoms with Gasteiger partial charge in [0.15, 0.2) is 0 Å². The zero-order valence-electron chi connectivity index (χ0n) is 12.8. The summed E-state index contributed by atoms with van der Waals surface area (Å²) in [5.41, 5.74) is -0.656. The fourth-order valence-electron chi connectivity index (χ4n) is 3.37. The summed E-state index contributed by atoms with van der Waals surface area (Å²) in [6.07, 6.45) is 6.77. The number of aliphatic carboxylic acids is 1. The van der Waals surface area contributed by atoms with Gasteiger partial charge in [-0.25, -0.2) is 0 Å². The maximum Gasteiger partial charge on any atom is 0.303 e. The van der Waals surface area contributed by atoms with Gasteiger partial charge in [-0.2, -0.15) is 0 Å². The molecule has 0 saturated heterocycles. The zero-order valence-corrected chi connectivity index (χ0v) is 12.8. The molecule has 4 heteroatoms. The Morgan fingerprint density at radius 2 is 1.95 bits per heavy atom. The van der Waals surface area contributed by atoms with Gasteiger partial charge in [-0.15, -0.1) is 0 Å². The van der Waals surface area contributed by atoms with E-state index in [2.05, 4.69) is 6.92 Å². The van der Waals surface area contributed by atoms with Crippen LogP contribution >= 0.6 is 0 Å². The normalized spacial score (nSPS) is 29.3. The van der Waals surface area contributed by atoms with Crippen molar-refractivity contribution in [2.75, 3.05) is 0 Å². The predicted molar refractivity (Wildman–Crippen MR) is 78.5 cm³/mol. The van der Waals surface area contributed by atoms with Gasteiger partial charge in [-0.1, -0.05) is 26.2 Å². The zero-order chi connectivity index (χ0) is 15.2. The quantitative estimate of drug-likeness (QED) is 0.569. The Hall–Kier alpha value is -0.610. The van der Waals surface area contributed by atoms with Crippen molar-refractivity contribution in [1.29, 1.82) is 0 Å². The summed E-state index contributed by atoms with van der Waals surface area (Å²) >= 11 is 0. The second-order valence-electron chi connectivity index (χ2n) is 6.66. The van der Waals surface area contributed by atoms with E-state index in [0.717, 1.165) is 38.5 Å². The summed E-state index contributed by atoms with van der Waals surface area (Å²) in [6, 6.07) is 0. The first kappa shape index (κ1) is 17.4. The molecule has 118 valence electrons. The largest absolute Gasteiger partial charge is 0.481 e. The van der Waals surface area contributed by atoms with E-state index in [-0.39, 0.29) is 18.3 Å². The van der Waals surface area contributed by atoms with E-state index < -0.39 is 17.7 Å². The van der Waals surface area contributed by atoms with E-state index in [9.17, 15) is 15.0 Å². The minimum Gasteiger partial charge on any atom is -0.481 e. The van der Waals surface area contributed by atoms with Crippen molar-refractivity contribution in [1.82, 2.24) is 0 Å². The van der Waals surface area contributed by atoms with Gasteiger partial charge in [-0.3, -0.25) is 4.79 Å². The summed E-state index contributed by atoms with van der Waals surface area (Å²) < 4.78 is 0. The van der Waals surface area contributed by atoms with Gasteiger partial charge >= 0.3 is 5.97 Å². The molecule has 3 N–H and O–H groups in total. The molecule has 1 aliphatic rings. The van der Waals surface area contributed by atoms with E-state index >= 15 is 0 Å². The van der Waals surface area contributed by atoms with Crippen molar-refractivity contribution in [3.05, 3.63) is 0 Å². The van der Waals surface area contributed by atoms with Crippen LogP contribution in [0.2, 0.25) is 0 Å². The molecule has 0 aromatic carbocycles. The number of hydrogen-bond acceptors (Lipinski definition) is 3. The lowest BCUT2D eigenvalue weighted by atomic mass is 9.83. The van der Waals surface area contributed by atoms with Gasteiger partial charge in [-0.05, 0) is 50.9 Å². The number of carbonyl (C=O) groups is 1. The van der Waals surface area contributed by atoms with Crippen LogP contribution in [0.3, 0.4) is 0 Å². The molecule has 0 aromatic heterocycles. The van der Waals surface area contributed by atoms with Crippen molar-refractivity contribution < 1.29 is 20.1 Å². The first-order valence-electron chi connectivity index (χ1n) is 7.98. The summed E-state index contributed by atoms with van der Waals surface area (Å²) in [4.78, 5) is 10.9. The number of carboxylic acids is 1. The van der Waals surface area contributed by atoms with Crippen LogP contribution in [0.15, 0.2) is 0 Å². The first-order valence-corrected chi connectivity index (χ1v) is 7.98. The van der Waals surface area contributed by atoms with Crippen LogP contribution in [0, 0.1) is 11.8 Å². The fraction of sp³-hybridized carbons (Fsp3) is 0.938. The average Bonchev–Trinajstić information content (AvgIpc) is 2.68. The van der Waals surface area contributed by atoms with Gasteiger partial charge in [0.05, 0.1) is 18.1 Å². The number of unbranched alkanes of at least 4 members (excludes halogenated alkanes) is 2. The summed E-state index contributed by atoms with van der Waals surface area (Å²) in [7, 11) is 0. The molecule has 0 heterocycles. The highest BCUT2D eigenvalue weighted by atomic mass is 16.4. The SMILES string of the molecule is CCCCCC(C)(O)CCC1CCC(O)C1CC(=O)O. The topological polar surface area (TPSA) is 77.8 Å². The summed E-state index contributed by atoms with van der Waals surface area (Å²) in [6.45, 7) is 4.02. The van der Waals surface area contributed by atoms with E-state index in [4.69, 9.17) is 5.11 Å². The second-order valence-corrected chi connectivity index (χ2v) is 6.66. The van der Waals surface area contributed by atoms with Crippen LogP contribution in [-0.4, -0.2) is 33.0 Å². The van der Waals surface area contributed by atoms with Gasteiger partial charge < -0.3 is 15.3 Å². The molecule has 1 aliphatic carbocycles. The van der Waals surface area contributed by atoms with Crippen LogP contribution in [0.1, 0.15) is 71.6 Å². The Labute approximate surface area is 122 Å². The van der Waals surface area contributed by atoms with E-state index in [1.807, 2.05) is 6.92 Å². The third-order valence-corrected chi connectivity index (χ3v) is 4.72. The molecular formula is C16H30O4. The molecule has 0 radical (unpaired) electrons. The maximum absolute atomic E-state index is 10.9. The molecule has 0 spiro atoms. The van der Waals surface area contributed by atoms with E-state index in [0.29, 0.717) is 12.8 Å². The average molecular weight is 286 g/mol. The standard InChI is InChI=1S/C16H30O4/c1-3-4-5-9-16(2,20)10-8-12-6-7-14(17)13(12)11-15(18)19/h12-14,17,20H,3-11H2,1-2H3,(H,18,19). The van der Waals surface area contributed by atoms with Crippen LogP contribution in [0.25, 0.3) is 0 Å². The summed E-state index contributed by atoms with van der Waals surface area (Å²) in [5, 5.41) is 29.2. The highest BCUT2D eigenvalue weighted by molar-refractivity contribution is 5.67. The number of rotatable bonds is 9. The van der Waals surface area contributed by atoms with Crippen LogP contribution in [0.5, 0.6) is 0 Å². The number of aliphatic hydroxyl groups is 2. The minimum atomic E-state index is -0.837. The number of aliphatic hydroxyl groups excluding tert-OH is 1. The van der Waals surface area contributed by atoms with Crippen molar-refractivity contribution in [2.45, 2.75) is 83.3 Å². The molecule has 1 rings (SSSR count). The Bertz CT molecular complexity index is 301. The van der Waals surface area contributed by atoms with Crippen LogP contribution < -0.4 is 0 Å². The van der Waals surface area contributed by atoms with Crippen molar-refractivity contribution >= 4 is 5.97 Å². The van der Waals surface area contributed by atoms with Gasteiger partial charge in [0.2, 0.25) is 0 Å². The first-order chi connectivity index (χ1) is 9.35. The van der Waals surface area contributed by atoms with Gasteiger partial charge in [0, 0.05) is 0 Å². The molecule has 0 aliphatic heterocycles. The third-order valence-electron chi connectivity index (χ3n) is 4.72. The summed E-state index contributed by atoms with van der Waals surface area (Å²) in [5.74, 6) is -0.742. The van der Waals surface area contributed by atoms with Crippen molar-refractivity contribution in [3.8, 4) is 0 Å². The lowest BCUT2D eigenvalue weighted by molar-refractivity contribution is -0.139. The van der Waals surface area contributed by atoms with Crippen LogP contribution in [-0.2, 0) is 4.79 Å². The highest BCUT2D eigenvalue weighted by Gasteiger charge is 2.37. The number of hydrogen-bond donors (Lipinski definition) is 3. The molecule has 20 heavy (non-hydrogen) atoms. The molecule has 0 bridgehead atoms. The molecule has 0 amide bonds. The van der Waals surface area contributed by atoms with Crippen molar-refractivity contribution in [3.63, 3.8) is 0 Å². The molecule has 4 atom stereocenters. The number of carboxylic acid groups (broad SMARTS) is 1. The highest BCUT2D eigenvalue weighted by Crippen LogP contribution is 2.39. The van der Waals surface area contributed by atoms with E-state index in [1.54, 1.807) is 0 Å². The molecule has 4 nitrogen and oxygen atoms in total. The Morgan fingerprint density at radius 1 is 1.25 bits per heavy atom. The third kappa shape index (κ3) is 5.80.